The summed E-state index contributed by atoms with van der Waals surface area (Å²) in [5, 5.41) is 6.89. The van der Waals surface area contributed by atoms with Crippen molar-refractivity contribution < 1.29 is 19.4 Å². The van der Waals surface area contributed by atoms with Crippen LogP contribution >= 0.6 is 0 Å². The predicted molar refractivity (Wildman–Crippen MR) is 87.9 cm³/mol. The van der Waals surface area contributed by atoms with E-state index in [2.05, 4.69) is 28.6 Å². The quantitative estimate of drug-likeness (QED) is 0.607. The number of carbonyl (C=O) groups excluding carboxylic acids is 1. The molecule has 0 atom stereocenters. The van der Waals surface area contributed by atoms with Crippen LogP contribution in [0.3, 0.4) is 0 Å². The summed E-state index contributed by atoms with van der Waals surface area (Å²) in [5.74, 6) is 6.84. The van der Waals surface area contributed by atoms with Gasteiger partial charge in [-0.2, -0.15) is 0 Å². The topological polar surface area (TPSA) is 70.1 Å². The minimum absolute atomic E-state index is 0.190. The molecule has 0 aliphatic carbocycles. The van der Waals surface area contributed by atoms with E-state index in [1.54, 1.807) is 0 Å². The molecule has 0 radical (unpaired) electrons. The lowest BCUT2D eigenvalue weighted by atomic mass is 9.98. The van der Waals surface area contributed by atoms with Crippen LogP contribution in [0.2, 0.25) is 0 Å². The summed E-state index contributed by atoms with van der Waals surface area (Å²) in [7, 11) is 0. The Morgan fingerprint density at radius 1 is 1.22 bits per heavy atom. The molecule has 0 spiro atoms. The Hall–Kier alpha value is -1.58. The zero-order chi connectivity index (χ0) is 16.9. The van der Waals surface area contributed by atoms with E-state index in [4.69, 9.17) is 14.6 Å². The second-order valence-electron chi connectivity index (χ2n) is 5.65. The molecule has 0 bridgehead atoms. The average Bonchev–Trinajstić information content (AvgIpc) is 2.82. The zero-order valence-corrected chi connectivity index (χ0v) is 14.0. The molecule has 2 aliphatic rings. The first-order valence-electron chi connectivity index (χ1n) is 8.35. The van der Waals surface area contributed by atoms with Crippen LogP contribution < -0.4 is 0 Å². The SMILES string of the molecule is CCC#CCN1CCCN(C(=O)C2CCOCC2)CC1.O=CO. The monoisotopic (exact) mass is 324 g/mol. The number of rotatable bonds is 2. The molecule has 6 nitrogen and oxygen atoms in total. The summed E-state index contributed by atoms with van der Waals surface area (Å²) in [6.45, 7) is 7.89. The molecule has 0 aromatic rings. The van der Waals surface area contributed by atoms with Gasteiger partial charge in [0.05, 0.1) is 6.54 Å². The molecule has 1 amide bonds. The molecule has 0 aromatic carbocycles. The number of carboxylic acid groups (broad SMARTS) is 1. The maximum absolute atomic E-state index is 12.5. The van der Waals surface area contributed by atoms with Crippen molar-refractivity contribution in [1.29, 1.82) is 0 Å². The van der Waals surface area contributed by atoms with Crippen LogP contribution in [-0.2, 0) is 14.3 Å². The van der Waals surface area contributed by atoms with E-state index in [-0.39, 0.29) is 12.4 Å². The van der Waals surface area contributed by atoms with Gasteiger partial charge in [-0.05, 0) is 19.3 Å². The minimum atomic E-state index is -0.250. The molecule has 2 rings (SSSR count). The van der Waals surface area contributed by atoms with Crippen molar-refractivity contribution in [3.8, 4) is 11.8 Å². The summed E-state index contributed by atoms with van der Waals surface area (Å²) in [6.07, 6.45) is 3.76. The fourth-order valence-electron chi connectivity index (χ4n) is 2.84. The van der Waals surface area contributed by atoms with Crippen LogP contribution in [-0.4, -0.2) is 73.2 Å². The number of hydrogen-bond acceptors (Lipinski definition) is 4. The first-order valence-corrected chi connectivity index (χ1v) is 8.35. The highest BCUT2D eigenvalue weighted by Crippen LogP contribution is 2.18. The Labute approximate surface area is 138 Å². The van der Waals surface area contributed by atoms with E-state index in [9.17, 15) is 4.79 Å². The van der Waals surface area contributed by atoms with Crippen LogP contribution in [0.15, 0.2) is 0 Å². The van der Waals surface area contributed by atoms with Crippen molar-refractivity contribution in [1.82, 2.24) is 9.80 Å². The molecule has 2 saturated heterocycles. The highest BCUT2D eigenvalue weighted by atomic mass is 16.5. The molecule has 0 saturated carbocycles. The molecule has 0 aromatic heterocycles. The second kappa shape index (κ2) is 11.9. The van der Waals surface area contributed by atoms with Crippen LogP contribution in [0.1, 0.15) is 32.6 Å². The number of nitrogens with zero attached hydrogens (tertiary/aromatic N) is 2. The summed E-state index contributed by atoms with van der Waals surface area (Å²) in [4.78, 5) is 25.3. The number of amides is 1. The molecule has 2 fully saturated rings. The van der Waals surface area contributed by atoms with Crippen molar-refractivity contribution in [2.45, 2.75) is 32.6 Å². The molecular weight excluding hydrogens is 296 g/mol. The van der Waals surface area contributed by atoms with Gasteiger partial charge in [-0.1, -0.05) is 12.8 Å². The maximum atomic E-state index is 12.5. The van der Waals surface area contributed by atoms with Gasteiger partial charge in [0, 0.05) is 51.7 Å². The highest BCUT2D eigenvalue weighted by Gasteiger charge is 2.27. The normalized spacial score (nSPS) is 19.6. The lowest BCUT2D eigenvalue weighted by molar-refractivity contribution is -0.138. The van der Waals surface area contributed by atoms with E-state index in [1.807, 2.05) is 0 Å². The molecule has 130 valence electrons. The molecule has 2 aliphatic heterocycles. The Kier molecular flexibility index (Phi) is 10.1. The fourth-order valence-corrected chi connectivity index (χ4v) is 2.84. The molecular formula is C17H28N2O4. The summed E-state index contributed by atoms with van der Waals surface area (Å²) in [6, 6.07) is 0. The lowest BCUT2D eigenvalue weighted by Crippen LogP contribution is -2.40. The molecule has 23 heavy (non-hydrogen) atoms. The Morgan fingerprint density at radius 3 is 2.57 bits per heavy atom. The van der Waals surface area contributed by atoms with E-state index >= 15 is 0 Å². The van der Waals surface area contributed by atoms with Crippen molar-refractivity contribution in [3.05, 3.63) is 0 Å². The van der Waals surface area contributed by atoms with E-state index < -0.39 is 0 Å². The van der Waals surface area contributed by atoms with Gasteiger partial charge < -0.3 is 14.7 Å². The standard InChI is InChI=1S/C16H26N2O2.CH2O2/c1-2-3-4-8-17-9-5-10-18(12-11-17)16(19)15-6-13-20-14-7-15;2-1-3/h15H,2,5-14H2,1H3;1H,(H,2,3). The van der Waals surface area contributed by atoms with Gasteiger partial charge >= 0.3 is 0 Å². The highest BCUT2D eigenvalue weighted by molar-refractivity contribution is 5.79. The third-order valence-electron chi connectivity index (χ3n) is 4.08. The Morgan fingerprint density at radius 2 is 1.91 bits per heavy atom. The summed E-state index contributed by atoms with van der Waals surface area (Å²) < 4.78 is 5.34. The second-order valence-corrected chi connectivity index (χ2v) is 5.65. The van der Waals surface area contributed by atoms with Crippen molar-refractivity contribution in [2.24, 2.45) is 5.92 Å². The van der Waals surface area contributed by atoms with Gasteiger partial charge in [-0.25, -0.2) is 0 Å². The maximum Gasteiger partial charge on any atom is 0.290 e. The van der Waals surface area contributed by atoms with Crippen molar-refractivity contribution in [3.63, 3.8) is 0 Å². The Balaban J connectivity index is 0.000000816. The van der Waals surface area contributed by atoms with E-state index in [1.165, 1.54) is 0 Å². The van der Waals surface area contributed by atoms with Gasteiger partial charge in [-0.3, -0.25) is 14.5 Å². The summed E-state index contributed by atoms with van der Waals surface area (Å²) in [5.41, 5.74) is 0. The predicted octanol–water partition coefficient (Wildman–Crippen LogP) is 1.06. The number of hydrogen-bond donors (Lipinski definition) is 1. The number of carbonyl (C=O) groups is 2. The zero-order valence-electron chi connectivity index (χ0n) is 14.0. The van der Waals surface area contributed by atoms with Gasteiger partial charge in [0.25, 0.3) is 6.47 Å². The number of ether oxygens (including phenoxy) is 1. The minimum Gasteiger partial charge on any atom is -0.483 e. The van der Waals surface area contributed by atoms with E-state index in [0.29, 0.717) is 5.91 Å². The summed E-state index contributed by atoms with van der Waals surface area (Å²) >= 11 is 0. The van der Waals surface area contributed by atoms with Crippen molar-refractivity contribution in [2.75, 3.05) is 45.9 Å². The first kappa shape index (κ1) is 19.5. The van der Waals surface area contributed by atoms with Gasteiger partial charge in [0.1, 0.15) is 0 Å². The molecule has 2 heterocycles. The van der Waals surface area contributed by atoms with Crippen LogP contribution in [0.5, 0.6) is 0 Å². The van der Waals surface area contributed by atoms with Crippen molar-refractivity contribution >= 4 is 12.4 Å². The third kappa shape index (κ3) is 7.49. The average molecular weight is 324 g/mol. The van der Waals surface area contributed by atoms with Crippen LogP contribution in [0, 0.1) is 17.8 Å². The first-order chi connectivity index (χ1) is 11.2. The van der Waals surface area contributed by atoms with Gasteiger partial charge in [0.2, 0.25) is 5.91 Å². The molecule has 1 N–H and O–H groups in total. The van der Waals surface area contributed by atoms with Gasteiger partial charge in [0.15, 0.2) is 0 Å². The largest absolute Gasteiger partial charge is 0.483 e. The lowest BCUT2D eigenvalue weighted by Gasteiger charge is -2.28. The molecule has 0 unspecified atom stereocenters. The molecule has 6 heteroatoms. The van der Waals surface area contributed by atoms with Crippen LogP contribution in [0.4, 0.5) is 0 Å². The smallest absolute Gasteiger partial charge is 0.290 e. The fraction of sp³-hybridized carbons (Fsp3) is 0.765. The van der Waals surface area contributed by atoms with E-state index in [0.717, 1.165) is 71.6 Å². The third-order valence-corrected chi connectivity index (χ3v) is 4.08. The van der Waals surface area contributed by atoms with Gasteiger partial charge in [-0.15, -0.1) is 5.92 Å². The van der Waals surface area contributed by atoms with Crippen LogP contribution in [0.25, 0.3) is 0 Å². The Bertz CT molecular complexity index is 411.